The van der Waals surface area contributed by atoms with E-state index in [4.69, 9.17) is 4.74 Å². The standard InChI is InChI=1S/C21H24O2/c1-23-20(22)21(11-5-2-6-12-21)19-14-18(19)17-10-9-15-7-3-4-8-16(15)13-17/h3-4,7-10,13,18-19H,2,5-6,11-12,14H2,1H3. The molecule has 23 heavy (non-hydrogen) atoms. The summed E-state index contributed by atoms with van der Waals surface area (Å²) in [6, 6.07) is 15.3. The number of carbonyl (C=O) groups excluding carboxylic acids is 1. The van der Waals surface area contributed by atoms with E-state index in [2.05, 4.69) is 42.5 Å². The third-order valence-corrected chi connectivity index (χ3v) is 6.04. The average Bonchev–Trinajstić information content (AvgIpc) is 3.42. The Morgan fingerprint density at radius 3 is 2.52 bits per heavy atom. The van der Waals surface area contributed by atoms with E-state index in [0.717, 1.165) is 32.1 Å². The molecule has 2 nitrogen and oxygen atoms in total. The quantitative estimate of drug-likeness (QED) is 0.740. The van der Waals surface area contributed by atoms with Crippen LogP contribution >= 0.6 is 0 Å². The molecule has 2 saturated carbocycles. The molecule has 2 unspecified atom stereocenters. The lowest BCUT2D eigenvalue weighted by Crippen LogP contribution is -2.37. The van der Waals surface area contributed by atoms with Crippen LogP contribution in [0.5, 0.6) is 0 Å². The Kier molecular flexibility index (Phi) is 3.63. The Hall–Kier alpha value is -1.83. The lowest BCUT2D eigenvalue weighted by Gasteiger charge is -2.35. The van der Waals surface area contributed by atoms with Crippen molar-refractivity contribution < 1.29 is 9.53 Å². The molecule has 4 rings (SSSR count). The number of hydrogen-bond donors (Lipinski definition) is 0. The SMILES string of the molecule is COC(=O)C1(C2CC2c2ccc3ccccc3c2)CCCCC1. The Morgan fingerprint density at radius 1 is 1.04 bits per heavy atom. The third-order valence-electron chi connectivity index (χ3n) is 6.04. The molecule has 2 atom stereocenters. The highest BCUT2D eigenvalue weighted by Gasteiger charge is 2.57. The van der Waals surface area contributed by atoms with Crippen molar-refractivity contribution >= 4 is 16.7 Å². The molecule has 0 amide bonds. The van der Waals surface area contributed by atoms with E-state index in [9.17, 15) is 4.79 Å². The summed E-state index contributed by atoms with van der Waals surface area (Å²) in [5.41, 5.74) is 1.17. The van der Waals surface area contributed by atoms with Crippen LogP contribution < -0.4 is 0 Å². The highest BCUT2D eigenvalue weighted by molar-refractivity contribution is 5.83. The Balaban J connectivity index is 1.62. The summed E-state index contributed by atoms with van der Waals surface area (Å²) >= 11 is 0. The average molecular weight is 308 g/mol. The van der Waals surface area contributed by atoms with Gasteiger partial charge in [-0.25, -0.2) is 0 Å². The van der Waals surface area contributed by atoms with E-state index in [1.807, 2.05) is 0 Å². The van der Waals surface area contributed by atoms with Crippen LogP contribution in [-0.4, -0.2) is 13.1 Å². The van der Waals surface area contributed by atoms with E-state index in [1.54, 1.807) is 7.11 Å². The fourth-order valence-corrected chi connectivity index (χ4v) is 4.72. The van der Waals surface area contributed by atoms with E-state index in [1.165, 1.54) is 22.8 Å². The van der Waals surface area contributed by atoms with Gasteiger partial charge < -0.3 is 4.74 Å². The fraction of sp³-hybridized carbons (Fsp3) is 0.476. The molecule has 0 bridgehead atoms. The van der Waals surface area contributed by atoms with Gasteiger partial charge in [-0.3, -0.25) is 4.79 Å². The Bertz CT molecular complexity index is 727. The van der Waals surface area contributed by atoms with Crippen molar-refractivity contribution in [2.75, 3.05) is 7.11 Å². The van der Waals surface area contributed by atoms with Crippen LogP contribution in [0.25, 0.3) is 10.8 Å². The van der Waals surface area contributed by atoms with Gasteiger partial charge in [-0.2, -0.15) is 0 Å². The Morgan fingerprint density at radius 2 is 1.78 bits per heavy atom. The first-order valence-electron chi connectivity index (χ1n) is 8.82. The number of rotatable bonds is 3. The zero-order valence-electron chi connectivity index (χ0n) is 13.8. The van der Waals surface area contributed by atoms with Gasteiger partial charge in [0.2, 0.25) is 0 Å². The molecule has 0 N–H and O–H groups in total. The first-order chi connectivity index (χ1) is 11.2. The second kappa shape index (κ2) is 5.67. The maximum Gasteiger partial charge on any atom is 0.312 e. The van der Waals surface area contributed by atoms with Crippen molar-refractivity contribution in [3.8, 4) is 0 Å². The molecule has 0 heterocycles. The van der Waals surface area contributed by atoms with E-state index in [0.29, 0.717) is 11.8 Å². The van der Waals surface area contributed by atoms with E-state index < -0.39 is 0 Å². The minimum Gasteiger partial charge on any atom is -0.469 e. The van der Waals surface area contributed by atoms with Crippen molar-refractivity contribution in [2.45, 2.75) is 44.4 Å². The molecule has 0 aromatic heterocycles. The normalized spacial score (nSPS) is 26.0. The van der Waals surface area contributed by atoms with Gasteiger partial charge in [0.25, 0.3) is 0 Å². The lowest BCUT2D eigenvalue weighted by molar-refractivity contribution is -0.156. The molecule has 0 aliphatic heterocycles. The molecule has 2 aromatic rings. The van der Waals surface area contributed by atoms with Crippen LogP contribution in [0.1, 0.15) is 50.0 Å². The number of carbonyl (C=O) groups is 1. The molecule has 2 heteroatoms. The van der Waals surface area contributed by atoms with Crippen LogP contribution in [0.3, 0.4) is 0 Å². The number of esters is 1. The summed E-state index contributed by atoms with van der Waals surface area (Å²) < 4.78 is 5.21. The van der Waals surface area contributed by atoms with E-state index >= 15 is 0 Å². The van der Waals surface area contributed by atoms with Gasteiger partial charge in [0.05, 0.1) is 12.5 Å². The molecule has 120 valence electrons. The number of hydrogen-bond acceptors (Lipinski definition) is 2. The van der Waals surface area contributed by atoms with Crippen molar-refractivity contribution in [2.24, 2.45) is 11.3 Å². The molecule has 2 fully saturated rings. The predicted octanol–water partition coefficient (Wildman–Crippen LogP) is 5.07. The van der Waals surface area contributed by atoms with Gasteiger partial charge in [-0.1, -0.05) is 61.7 Å². The molecule has 0 spiro atoms. The number of fused-ring (bicyclic) bond motifs is 1. The zero-order valence-corrected chi connectivity index (χ0v) is 13.8. The van der Waals surface area contributed by atoms with Gasteiger partial charge in [-0.15, -0.1) is 0 Å². The van der Waals surface area contributed by atoms with Crippen molar-refractivity contribution in [3.63, 3.8) is 0 Å². The van der Waals surface area contributed by atoms with Crippen LogP contribution in [0.4, 0.5) is 0 Å². The molecular formula is C21H24O2. The van der Waals surface area contributed by atoms with Gasteiger partial charge in [-0.05, 0) is 47.4 Å². The Labute approximate surface area is 137 Å². The van der Waals surface area contributed by atoms with Gasteiger partial charge >= 0.3 is 5.97 Å². The van der Waals surface area contributed by atoms with Crippen LogP contribution in [-0.2, 0) is 9.53 Å². The van der Waals surface area contributed by atoms with Crippen molar-refractivity contribution in [1.29, 1.82) is 0 Å². The minimum absolute atomic E-state index is 0.0329. The molecule has 2 aliphatic rings. The number of methoxy groups -OCH3 is 1. The van der Waals surface area contributed by atoms with Crippen LogP contribution in [0.2, 0.25) is 0 Å². The van der Waals surface area contributed by atoms with Gasteiger partial charge in [0.1, 0.15) is 0 Å². The summed E-state index contributed by atoms with van der Waals surface area (Å²) in [6.45, 7) is 0. The maximum absolute atomic E-state index is 12.5. The monoisotopic (exact) mass is 308 g/mol. The largest absolute Gasteiger partial charge is 0.469 e. The molecule has 0 saturated heterocycles. The fourth-order valence-electron chi connectivity index (χ4n) is 4.72. The summed E-state index contributed by atoms with van der Waals surface area (Å²) in [6.07, 6.45) is 6.73. The van der Waals surface area contributed by atoms with Crippen LogP contribution in [0, 0.1) is 11.3 Å². The second-order valence-corrected chi connectivity index (χ2v) is 7.26. The molecule has 2 aliphatic carbocycles. The summed E-state index contributed by atoms with van der Waals surface area (Å²) in [7, 11) is 1.55. The highest BCUT2D eigenvalue weighted by atomic mass is 16.5. The van der Waals surface area contributed by atoms with E-state index in [-0.39, 0.29) is 11.4 Å². The van der Waals surface area contributed by atoms with Gasteiger partial charge in [0.15, 0.2) is 0 Å². The topological polar surface area (TPSA) is 26.3 Å². The first-order valence-corrected chi connectivity index (χ1v) is 8.82. The summed E-state index contributed by atoms with van der Waals surface area (Å²) in [5.74, 6) is 1.03. The second-order valence-electron chi connectivity index (χ2n) is 7.26. The highest BCUT2D eigenvalue weighted by Crippen LogP contribution is 2.62. The van der Waals surface area contributed by atoms with Crippen LogP contribution in [0.15, 0.2) is 42.5 Å². The molecule has 0 radical (unpaired) electrons. The molecular weight excluding hydrogens is 284 g/mol. The third kappa shape index (κ3) is 2.45. The lowest BCUT2D eigenvalue weighted by atomic mass is 9.69. The smallest absolute Gasteiger partial charge is 0.312 e. The van der Waals surface area contributed by atoms with Crippen molar-refractivity contribution in [1.82, 2.24) is 0 Å². The van der Waals surface area contributed by atoms with Crippen molar-refractivity contribution in [3.05, 3.63) is 48.0 Å². The zero-order chi connectivity index (χ0) is 15.9. The maximum atomic E-state index is 12.5. The summed E-state index contributed by atoms with van der Waals surface area (Å²) in [4.78, 5) is 12.5. The summed E-state index contributed by atoms with van der Waals surface area (Å²) in [5, 5.41) is 2.58. The predicted molar refractivity (Wildman–Crippen MR) is 92.3 cm³/mol. The first kappa shape index (κ1) is 14.7. The number of benzene rings is 2. The number of ether oxygens (including phenoxy) is 1. The molecule has 2 aromatic carbocycles. The van der Waals surface area contributed by atoms with Gasteiger partial charge in [0, 0.05) is 0 Å². The minimum atomic E-state index is -0.219.